The molecule has 0 aliphatic heterocycles. The van der Waals surface area contributed by atoms with Crippen LogP contribution in [-0.4, -0.2) is 32.8 Å². The number of hydrogen-bond acceptors (Lipinski definition) is 5. The zero-order chi connectivity index (χ0) is 18.8. The van der Waals surface area contributed by atoms with E-state index in [0.717, 1.165) is 55.8 Å². The van der Waals surface area contributed by atoms with Crippen LogP contribution in [0.25, 0.3) is 0 Å². The number of ether oxygens (including phenoxy) is 1. The zero-order valence-corrected chi connectivity index (χ0v) is 16.3. The van der Waals surface area contributed by atoms with Crippen molar-refractivity contribution < 1.29 is 9.84 Å². The summed E-state index contributed by atoms with van der Waals surface area (Å²) in [5.41, 5.74) is 3.57. The van der Waals surface area contributed by atoms with Gasteiger partial charge < -0.3 is 9.84 Å². The molecule has 2 atom stereocenters. The van der Waals surface area contributed by atoms with E-state index in [9.17, 15) is 5.11 Å². The van der Waals surface area contributed by atoms with Crippen LogP contribution < -0.4 is 4.74 Å². The second-order valence-corrected chi connectivity index (χ2v) is 8.04. The molecule has 144 valence electrons. The van der Waals surface area contributed by atoms with Crippen LogP contribution in [0.3, 0.4) is 0 Å². The van der Waals surface area contributed by atoms with E-state index in [4.69, 9.17) is 4.74 Å². The summed E-state index contributed by atoms with van der Waals surface area (Å²) in [6, 6.07) is 4.35. The summed E-state index contributed by atoms with van der Waals surface area (Å²) in [7, 11) is 0. The van der Waals surface area contributed by atoms with E-state index >= 15 is 0 Å². The van der Waals surface area contributed by atoms with Gasteiger partial charge in [-0.2, -0.15) is 4.98 Å². The lowest BCUT2D eigenvalue weighted by atomic mass is 9.83. The quantitative estimate of drug-likeness (QED) is 0.837. The van der Waals surface area contributed by atoms with Crippen LogP contribution >= 0.6 is 0 Å². The van der Waals surface area contributed by atoms with Crippen LogP contribution in [-0.2, 0) is 6.42 Å². The van der Waals surface area contributed by atoms with Gasteiger partial charge in [0.1, 0.15) is 5.82 Å². The third-order valence-electron chi connectivity index (χ3n) is 6.03. The molecule has 2 heterocycles. The molecule has 2 aromatic rings. The minimum atomic E-state index is -0.157. The Morgan fingerprint density at radius 3 is 2.63 bits per heavy atom. The monoisotopic (exact) mass is 367 g/mol. The molecule has 4 rings (SSSR count). The van der Waals surface area contributed by atoms with Crippen molar-refractivity contribution in [3.63, 3.8) is 0 Å². The maximum atomic E-state index is 9.77. The van der Waals surface area contributed by atoms with E-state index in [-0.39, 0.29) is 6.10 Å². The summed E-state index contributed by atoms with van der Waals surface area (Å²) in [6.07, 6.45) is 9.57. The van der Waals surface area contributed by atoms with Gasteiger partial charge in [-0.05, 0) is 63.0 Å². The highest BCUT2D eigenvalue weighted by Gasteiger charge is 2.40. The average molecular weight is 367 g/mol. The Bertz CT molecular complexity index is 770. The zero-order valence-electron chi connectivity index (χ0n) is 16.3. The van der Waals surface area contributed by atoms with E-state index < -0.39 is 0 Å². The first-order valence-corrected chi connectivity index (χ1v) is 10.2. The summed E-state index contributed by atoms with van der Waals surface area (Å²) in [4.78, 5) is 13.6. The highest BCUT2D eigenvalue weighted by atomic mass is 16.5. The highest BCUT2D eigenvalue weighted by Crippen LogP contribution is 2.47. The molecule has 5 heteroatoms. The van der Waals surface area contributed by atoms with Crippen molar-refractivity contribution in [3.05, 3.63) is 47.2 Å². The van der Waals surface area contributed by atoms with Gasteiger partial charge in [-0.25, -0.2) is 4.98 Å². The van der Waals surface area contributed by atoms with Crippen molar-refractivity contribution in [3.8, 4) is 5.88 Å². The smallest absolute Gasteiger partial charge is 0.220 e. The fraction of sp³-hybridized carbons (Fsp3) is 0.591. The van der Waals surface area contributed by atoms with Crippen molar-refractivity contribution in [1.82, 2.24) is 15.0 Å². The molecule has 5 nitrogen and oxygen atoms in total. The topological polar surface area (TPSA) is 68.1 Å². The lowest BCUT2D eigenvalue weighted by Gasteiger charge is -2.26. The number of rotatable bonds is 6. The second kappa shape index (κ2) is 7.93. The molecular formula is C22H29N3O2. The predicted octanol–water partition coefficient (Wildman–Crippen LogP) is 3.94. The Morgan fingerprint density at radius 1 is 1.11 bits per heavy atom. The van der Waals surface area contributed by atoms with Crippen LogP contribution in [0, 0.1) is 12.8 Å². The standard InChI is InChI=1S/C22H29N3O2/c1-3-15-4-9-21(24-11-15)19-10-17(19)13-27-22-20(12-23-14(2)25-22)16-5-7-18(26)8-6-16/h4,9,11-12,16-19,26H,3,5-8,10,13H2,1-2H3. The maximum Gasteiger partial charge on any atom is 0.220 e. The second-order valence-electron chi connectivity index (χ2n) is 8.04. The number of nitrogens with zero attached hydrogens (tertiary/aromatic N) is 3. The normalized spacial score (nSPS) is 27.4. The number of pyridine rings is 1. The number of aliphatic hydroxyl groups is 1. The van der Waals surface area contributed by atoms with E-state index in [2.05, 4.69) is 34.0 Å². The predicted molar refractivity (Wildman–Crippen MR) is 104 cm³/mol. The van der Waals surface area contributed by atoms with Crippen molar-refractivity contribution in [2.24, 2.45) is 5.92 Å². The average Bonchev–Trinajstić information content (AvgIpc) is 3.47. The van der Waals surface area contributed by atoms with Crippen molar-refractivity contribution in [1.29, 1.82) is 0 Å². The molecule has 0 radical (unpaired) electrons. The Hall–Kier alpha value is -2.01. The van der Waals surface area contributed by atoms with Gasteiger partial charge in [-0.1, -0.05) is 13.0 Å². The summed E-state index contributed by atoms with van der Waals surface area (Å²) < 4.78 is 6.18. The molecule has 0 amide bonds. The number of aryl methyl sites for hydroxylation is 2. The molecule has 0 aromatic carbocycles. The molecule has 2 saturated carbocycles. The van der Waals surface area contributed by atoms with Crippen molar-refractivity contribution in [2.75, 3.05) is 6.61 Å². The van der Waals surface area contributed by atoms with Gasteiger partial charge in [0.15, 0.2) is 0 Å². The van der Waals surface area contributed by atoms with E-state index in [1.54, 1.807) is 0 Å². The van der Waals surface area contributed by atoms with Gasteiger partial charge in [-0.3, -0.25) is 4.98 Å². The van der Waals surface area contributed by atoms with Gasteiger partial charge in [0.05, 0.1) is 12.7 Å². The molecule has 1 N–H and O–H groups in total. The SMILES string of the molecule is CCc1ccc(C2CC2COc2nc(C)ncc2C2CCC(O)CC2)nc1. The fourth-order valence-electron chi connectivity index (χ4n) is 4.09. The Labute approximate surface area is 161 Å². The molecule has 0 saturated heterocycles. The van der Waals surface area contributed by atoms with E-state index in [1.807, 2.05) is 19.3 Å². The van der Waals surface area contributed by atoms with Crippen LogP contribution in [0.15, 0.2) is 24.5 Å². The first-order valence-electron chi connectivity index (χ1n) is 10.2. The van der Waals surface area contributed by atoms with Gasteiger partial charge >= 0.3 is 0 Å². The molecule has 0 spiro atoms. The first kappa shape index (κ1) is 18.4. The molecular weight excluding hydrogens is 338 g/mol. The lowest BCUT2D eigenvalue weighted by molar-refractivity contribution is 0.121. The molecule has 2 aromatic heterocycles. The molecule has 0 bridgehead atoms. The highest BCUT2D eigenvalue weighted by molar-refractivity contribution is 5.29. The molecule has 2 fully saturated rings. The molecule has 2 unspecified atom stereocenters. The summed E-state index contributed by atoms with van der Waals surface area (Å²) in [5.74, 6) is 2.90. The first-order chi connectivity index (χ1) is 13.1. The van der Waals surface area contributed by atoms with Crippen LogP contribution in [0.2, 0.25) is 0 Å². The minimum Gasteiger partial charge on any atom is -0.477 e. The number of hydrogen-bond donors (Lipinski definition) is 1. The van der Waals surface area contributed by atoms with E-state index in [0.29, 0.717) is 24.4 Å². The van der Waals surface area contributed by atoms with Crippen LogP contribution in [0.1, 0.15) is 73.5 Å². The van der Waals surface area contributed by atoms with Crippen LogP contribution in [0.5, 0.6) is 5.88 Å². The van der Waals surface area contributed by atoms with Gasteiger partial charge in [0, 0.05) is 35.5 Å². The van der Waals surface area contributed by atoms with Gasteiger partial charge in [0.25, 0.3) is 0 Å². The summed E-state index contributed by atoms with van der Waals surface area (Å²) >= 11 is 0. The third-order valence-corrected chi connectivity index (χ3v) is 6.03. The maximum absolute atomic E-state index is 9.77. The molecule has 2 aliphatic rings. The summed E-state index contributed by atoms with van der Waals surface area (Å²) in [6.45, 7) is 4.74. The van der Waals surface area contributed by atoms with Gasteiger partial charge in [-0.15, -0.1) is 0 Å². The summed E-state index contributed by atoms with van der Waals surface area (Å²) in [5, 5.41) is 9.77. The Kier molecular flexibility index (Phi) is 5.39. The molecule has 2 aliphatic carbocycles. The minimum absolute atomic E-state index is 0.157. The largest absolute Gasteiger partial charge is 0.477 e. The van der Waals surface area contributed by atoms with Crippen molar-refractivity contribution in [2.45, 2.75) is 70.3 Å². The third kappa shape index (κ3) is 4.29. The number of aliphatic hydroxyl groups excluding tert-OH is 1. The van der Waals surface area contributed by atoms with Crippen molar-refractivity contribution >= 4 is 0 Å². The van der Waals surface area contributed by atoms with Gasteiger partial charge in [0.2, 0.25) is 5.88 Å². The van der Waals surface area contributed by atoms with E-state index in [1.165, 1.54) is 11.3 Å². The van der Waals surface area contributed by atoms with Crippen LogP contribution in [0.4, 0.5) is 0 Å². The Balaban J connectivity index is 1.39. The molecule has 27 heavy (non-hydrogen) atoms. The number of aromatic nitrogens is 3. The fourth-order valence-corrected chi connectivity index (χ4v) is 4.09. The lowest BCUT2D eigenvalue weighted by Crippen LogP contribution is -2.18. The Morgan fingerprint density at radius 2 is 1.93 bits per heavy atom.